The molecule has 0 heterocycles. The first-order chi connectivity index (χ1) is 14.5. The average Bonchev–Trinajstić information content (AvgIpc) is 2.73. The van der Waals surface area contributed by atoms with Crippen molar-refractivity contribution in [2.75, 3.05) is 11.9 Å². The van der Waals surface area contributed by atoms with Crippen LogP contribution in [-0.2, 0) is 13.2 Å². The summed E-state index contributed by atoms with van der Waals surface area (Å²) in [5.74, 6) is 1.36. The second-order valence-electron chi connectivity index (χ2n) is 6.72. The Bertz CT molecular complexity index is 1020. The predicted molar refractivity (Wildman–Crippen MR) is 126 cm³/mol. The zero-order valence-electron chi connectivity index (χ0n) is 16.9. The third kappa shape index (κ3) is 5.63. The third-order valence-electron chi connectivity index (χ3n) is 4.53. The molecule has 0 spiro atoms. The summed E-state index contributed by atoms with van der Waals surface area (Å²) in [6.07, 6.45) is 0. The van der Waals surface area contributed by atoms with Crippen molar-refractivity contribution >= 4 is 34.0 Å². The smallest absolute Gasteiger partial charge is 0.269 e. The number of nitro groups is 1. The summed E-state index contributed by atoms with van der Waals surface area (Å²) < 4.78 is 12.8. The van der Waals surface area contributed by atoms with E-state index in [0.717, 1.165) is 20.4 Å². The zero-order valence-corrected chi connectivity index (χ0v) is 19.0. The molecule has 156 valence electrons. The number of benzene rings is 3. The molecule has 3 aromatic carbocycles. The van der Waals surface area contributed by atoms with Crippen molar-refractivity contribution in [2.24, 2.45) is 0 Å². The molecule has 3 rings (SSSR count). The van der Waals surface area contributed by atoms with Gasteiger partial charge in [-0.05, 0) is 83.5 Å². The molecule has 0 aromatic heterocycles. The van der Waals surface area contributed by atoms with Crippen molar-refractivity contribution in [3.05, 3.63) is 91.0 Å². The van der Waals surface area contributed by atoms with Crippen molar-refractivity contribution in [1.82, 2.24) is 0 Å². The number of para-hydroxylation sites is 1. The minimum atomic E-state index is -0.412. The van der Waals surface area contributed by atoms with Gasteiger partial charge >= 0.3 is 0 Å². The molecule has 6 nitrogen and oxygen atoms in total. The maximum Gasteiger partial charge on any atom is 0.269 e. The van der Waals surface area contributed by atoms with Gasteiger partial charge < -0.3 is 14.8 Å². The van der Waals surface area contributed by atoms with Gasteiger partial charge in [-0.1, -0.05) is 18.2 Å². The van der Waals surface area contributed by atoms with Crippen LogP contribution in [0.25, 0.3) is 0 Å². The van der Waals surface area contributed by atoms with Crippen LogP contribution in [0.5, 0.6) is 11.5 Å². The number of rotatable bonds is 9. The SMILES string of the molecule is CCOc1cc(CNc2ccccc2C)cc(I)c1OCc1ccc([N+](=O)[O-])cc1. The number of ether oxygens (including phenoxy) is 2. The minimum absolute atomic E-state index is 0.0637. The van der Waals surface area contributed by atoms with E-state index in [1.165, 1.54) is 17.7 Å². The van der Waals surface area contributed by atoms with Crippen molar-refractivity contribution in [2.45, 2.75) is 27.0 Å². The number of nitrogens with one attached hydrogen (secondary N) is 1. The van der Waals surface area contributed by atoms with E-state index < -0.39 is 4.92 Å². The number of aryl methyl sites for hydroxylation is 1. The Hall–Kier alpha value is -2.81. The minimum Gasteiger partial charge on any atom is -0.490 e. The number of non-ortho nitro benzene ring substituents is 1. The van der Waals surface area contributed by atoms with E-state index >= 15 is 0 Å². The molecule has 0 atom stereocenters. The Morgan fingerprint density at radius 1 is 1.03 bits per heavy atom. The van der Waals surface area contributed by atoms with Crippen LogP contribution in [0.3, 0.4) is 0 Å². The fourth-order valence-electron chi connectivity index (χ4n) is 2.96. The monoisotopic (exact) mass is 518 g/mol. The highest BCUT2D eigenvalue weighted by Gasteiger charge is 2.13. The van der Waals surface area contributed by atoms with E-state index in [0.29, 0.717) is 31.3 Å². The number of hydrogen-bond donors (Lipinski definition) is 1. The summed E-state index contributed by atoms with van der Waals surface area (Å²) in [7, 11) is 0. The molecule has 0 bridgehead atoms. The number of nitro benzene ring substituents is 1. The number of halogens is 1. The molecule has 0 aliphatic carbocycles. The molecule has 0 fully saturated rings. The predicted octanol–water partition coefficient (Wildman–Crippen LogP) is 6.10. The van der Waals surface area contributed by atoms with Crippen LogP contribution in [0.15, 0.2) is 60.7 Å². The van der Waals surface area contributed by atoms with Crippen molar-refractivity contribution in [1.29, 1.82) is 0 Å². The van der Waals surface area contributed by atoms with Gasteiger partial charge in [-0.15, -0.1) is 0 Å². The molecule has 0 amide bonds. The highest BCUT2D eigenvalue weighted by atomic mass is 127. The Morgan fingerprint density at radius 2 is 1.77 bits per heavy atom. The van der Waals surface area contributed by atoms with Crippen molar-refractivity contribution < 1.29 is 14.4 Å². The summed E-state index contributed by atoms with van der Waals surface area (Å²) >= 11 is 2.25. The van der Waals surface area contributed by atoms with E-state index in [1.807, 2.05) is 25.1 Å². The van der Waals surface area contributed by atoms with E-state index in [4.69, 9.17) is 9.47 Å². The highest BCUT2D eigenvalue weighted by molar-refractivity contribution is 14.1. The fraction of sp³-hybridized carbons (Fsp3) is 0.217. The first kappa shape index (κ1) is 21.9. The van der Waals surface area contributed by atoms with Gasteiger partial charge in [-0.25, -0.2) is 0 Å². The Morgan fingerprint density at radius 3 is 2.43 bits per heavy atom. The second-order valence-corrected chi connectivity index (χ2v) is 7.88. The standard InChI is InChI=1S/C23H23IN2O4/c1-3-29-22-13-18(14-25-21-7-5-4-6-16(21)2)12-20(24)23(22)30-15-17-8-10-19(11-9-17)26(27)28/h4-13,25H,3,14-15H2,1-2H3. The lowest BCUT2D eigenvalue weighted by atomic mass is 10.1. The van der Waals surface area contributed by atoms with Crippen LogP contribution in [0, 0.1) is 20.6 Å². The van der Waals surface area contributed by atoms with Crippen LogP contribution >= 0.6 is 22.6 Å². The van der Waals surface area contributed by atoms with Gasteiger partial charge in [0.15, 0.2) is 11.5 Å². The molecule has 30 heavy (non-hydrogen) atoms. The quantitative estimate of drug-likeness (QED) is 0.211. The van der Waals surface area contributed by atoms with Crippen molar-refractivity contribution in [3.63, 3.8) is 0 Å². The van der Waals surface area contributed by atoms with Crippen LogP contribution in [0.1, 0.15) is 23.6 Å². The lowest BCUT2D eigenvalue weighted by Crippen LogP contribution is -2.05. The third-order valence-corrected chi connectivity index (χ3v) is 5.33. The lowest BCUT2D eigenvalue weighted by molar-refractivity contribution is -0.384. The second kappa shape index (κ2) is 10.3. The van der Waals surface area contributed by atoms with E-state index in [9.17, 15) is 10.1 Å². The van der Waals surface area contributed by atoms with E-state index in [1.54, 1.807) is 12.1 Å². The van der Waals surface area contributed by atoms with Crippen LogP contribution in [0.4, 0.5) is 11.4 Å². The molecule has 0 radical (unpaired) electrons. The van der Waals surface area contributed by atoms with Gasteiger partial charge in [0.1, 0.15) is 6.61 Å². The molecule has 0 saturated carbocycles. The largest absolute Gasteiger partial charge is 0.490 e. The number of nitrogens with zero attached hydrogens (tertiary/aromatic N) is 1. The molecule has 0 aliphatic heterocycles. The molecule has 1 N–H and O–H groups in total. The molecule has 0 unspecified atom stereocenters. The highest BCUT2D eigenvalue weighted by Crippen LogP contribution is 2.35. The maximum absolute atomic E-state index is 10.8. The fourth-order valence-corrected chi connectivity index (χ4v) is 3.79. The van der Waals surface area contributed by atoms with Gasteiger partial charge in [0.2, 0.25) is 0 Å². The molecule has 3 aromatic rings. The van der Waals surface area contributed by atoms with Gasteiger partial charge in [0, 0.05) is 24.4 Å². The first-order valence-electron chi connectivity index (χ1n) is 9.58. The number of hydrogen-bond acceptors (Lipinski definition) is 5. The molecular formula is C23H23IN2O4. The van der Waals surface area contributed by atoms with E-state index in [-0.39, 0.29) is 5.69 Å². The summed E-state index contributed by atoms with van der Waals surface area (Å²) in [6, 6.07) is 18.6. The maximum atomic E-state index is 10.8. The average molecular weight is 518 g/mol. The van der Waals surface area contributed by atoms with Crippen LogP contribution in [-0.4, -0.2) is 11.5 Å². The number of anilines is 1. The molecule has 0 saturated heterocycles. The molecule has 0 aliphatic rings. The lowest BCUT2D eigenvalue weighted by Gasteiger charge is -2.16. The van der Waals surface area contributed by atoms with E-state index in [2.05, 4.69) is 53.0 Å². The molecule has 7 heteroatoms. The first-order valence-corrected chi connectivity index (χ1v) is 10.7. The van der Waals surface area contributed by atoms with Gasteiger partial charge in [0.25, 0.3) is 5.69 Å². The summed E-state index contributed by atoms with van der Waals surface area (Å²) in [6.45, 7) is 5.51. The Kier molecular flexibility index (Phi) is 7.51. The Balaban J connectivity index is 1.74. The van der Waals surface area contributed by atoms with Gasteiger partial charge in [-0.3, -0.25) is 10.1 Å². The Labute approximate surface area is 189 Å². The van der Waals surface area contributed by atoms with Gasteiger partial charge in [-0.2, -0.15) is 0 Å². The van der Waals surface area contributed by atoms with Gasteiger partial charge in [0.05, 0.1) is 15.1 Å². The summed E-state index contributed by atoms with van der Waals surface area (Å²) in [5, 5.41) is 14.3. The summed E-state index contributed by atoms with van der Waals surface area (Å²) in [4.78, 5) is 10.4. The van der Waals surface area contributed by atoms with Crippen LogP contribution in [0.2, 0.25) is 0 Å². The molecular weight excluding hydrogens is 495 g/mol. The van der Waals surface area contributed by atoms with Crippen molar-refractivity contribution in [3.8, 4) is 11.5 Å². The summed E-state index contributed by atoms with van der Waals surface area (Å²) in [5.41, 5.74) is 4.30. The zero-order chi connectivity index (χ0) is 21.5. The van der Waals surface area contributed by atoms with Crippen LogP contribution < -0.4 is 14.8 Å². The topological polar surface area (TPSA) is 73.6 Å². The normalized spacial score (nSPS) is 10.5.